The van der Waals surface area contributed by atoms with Crippen molar-refractivity contribution in [1.29, 1.82) is 0 Å². The molecular formula is C17H36N4O4S. The number of guanidine groups is 1. The van der Waals surface area contributed by atoms with E-state index in [1.807, 2.05) is 20.8 Å². The predicted molar refractivity (Wildman–Crippen MR) is 106 cm³/mol. The van der Waals surface area contributed by atoms with Gasteiger partial charge in [-0.05, 0) is 55.4 Å². The summed E-state index contributed by atoms with van der Waals surface area (Å²) in [5.41, 5.74) is -1.16. The molecule has 0 aliphatic heterocycles. The van der Waals surface area contributed by atoms with E-state index in [0.29, 0.717) is 19.0 Å². The van der Waals surface area contributed by atoms with Crippen molar-refractivity contribution in [1.82, 2.24) is 16.0 Å². The third-order valence-corrected chi connectivity index (χ3v) is 5.64. The number of carbonyl (C=O) groups is 1. The second-order valence-electron chi connectivity index (χ2n) is 8.59. The highest BCUT2D eigenvalue weighted by Crippen LogP contribution is 2.15. The quantitative estimate of drug-likeness (QED) is 0.449. The van der Waals surface area contributed by atoms with Gasteiger partial charge in [0.1, 0.15) is 5.60 Å². The molecule has 0 fully saturated rings. The van der Waals surface area contributed by atoms with Crippen molar-refractivity contribution in [3.05, 3.63) is 0 Å². The van der Waals surface area contributed by atoms with Gasteiger partial charge >= 0.3 is 6.09 Å². The first-order chi connectivity index (χ1) is 11.5. The van der Waals surface area contributed by atoms with Gasteiger partial charge in [0, 0.05) is 19.3 Å². The van der Waals surface area contributed by atoms with Gasteiger partial charge in [-0.3, -0.25) is 4.99 Å². The van der Waals surface area contributed by atoms with E-state index in [-0.39, 0.29) is 6.54 Å². The summed E-state index contributed by atoms with van der Waals surface area (Å²) in [7, 11) is -3.23. The van der Waals surface area contributed by atoms with E-state index in [0.717, 1.165) is 0 Å². The Bertz CT molecular complexity index is 605. The maximum atomic E-state index is 11.9. The summed E-state index contributed by atoms with van der Waals surface area (Å²) in [6.07, 6.45) is 0.709. The Morgan fingerprint density at radius 3 is 2.00 bits per heavy atom. The summed E-state index contributed by atoms with van der Waals surface area (Å²) in [4.78, 5) is 16.3. The van der Waals surface area contributed by atoms with Crippen LogP contribution in [0, 0.1) is 0 Å². The molecule has 0 atom stereocenters. The number of amides is 1. The summed E-state index contributed by atoms with van der Waals surface area (Å²) in [6.45, 7) is 15.5. The Kier molecular flexibility index (Phi) is 8.40. The van der Waals surface area contributed by atoms with Gasteiger partial charge in [0.15, 0.2) is 15.8 Å². The van der Waals surface area contributed by atoms with Crippen molar-refractivity contribution in [3.63, 3.8) is 0 Å². The number of carbonyl (C=O) groups excluding carboxylic acids is 1. The smallest absolute Gasteiger partial charge is 0.408 e. The van der Waals surface area contributed by atoms with E-state index >= 15 is 0 Å². The number of alkyl carbamates (subject to hydrolysis) is 1. The zero-order valence-electron chi connectivity index (χ0n) is 17.6. The van der Waals surface area contributed by atoms with Crippen LogP contribution in [0.2, 0.25) is 0 Å². The zero-order chi connectivity index (χ0) is 20.8. The lowest BCUT2D eigenvalue weighted by Gasteiger charge is -2.29. The number of rotatable bonds is 7. The van der Waals surface area contributed by atoms with E-state index in [4.69, 9.17) is 4.74 Å². The second-order valence-corrected chi connectivity index (χ2v) is 11.2. The summed E-state index contributed by atoms with van der Waals surface area (Å²) >= 11 is 0. The molecule has 1 amide bonds. The largest absolute Gasteiger partial charge is 0.444 e. The fourth-order valence-electron chi connectivity index (χ4n) is 1.66. The molecule has 3 N–H and O–H groups in total. The van der Waals surface area contributed by atoms with Crippen LogP contribution < -0.4 is 16.0 Å². The number of hydrogen-bond acceptors (Lipinski definition) is 5. The van der Waals surface area contributed by atoms with Gasteiger partial charge in [-0.25, -0.2) is 13.2 Å². The lowest BCUT2D eigenvalue weighted by Crippen LogP contribution is -2.54. The molecule has 0 unspecified atom stereocenters. The first kappa shape index (κ1) is 24.5. The van der Waals surface area contributed by atoms with Gasteiger partial charge in [0.2, 0.25) is 0 Å². The lowest BCUT2D eigenvalue weighted by molar-refractivity contribution is 0.0474. The summed E-state index contributed by atoms with van der Waals surface area (Å²) in [5, 5.41) is 9.00. The van der Waals surface area contributed by atoms with Crippen molar-refractivity contribution in [3.8, 4) is 0 Å². The molecule has 154 valence electrons. The average Bonchev–Trinajstić information content (AvgIpc) is 2.37. The molecule has 0 spiro atoms. The number of sulfone groups is 1. The Labute approximate surface area is 158 Å². The van der Waals surface area contributed by atoms with Crippen LogP contribution in [0.3, 0.4) is 0 Å². The van der Waals surface area contributed by atoms with E-state index in [1.54, 1.807) is 34.6 Å². The Hall–Kier alpha value is -1.51. The minimum atomic E-state index is -3.23. The molecular weight excluding hydrogens is 356 g/mol. The Morgan fingerprint density at radius 1 is 1.04 bits per heavy atom. The van der Waals surface area contributed by atoms with Crippen LogP contribution in [0.4, 0.5) is 4.79 Å². The first-order valence-electron chi connectivity index (χ1n) is 8.72. The van der Waals surface area contributed by atoms with Gasteiger partial charge in [-0.1, -0.05) is 0 Å². The van der Waals surface area contributed by atoms with Crippen molar-refractivity contribution in [2.24, 2.45) is 4.99 Å². The molecule has 0 heterocycles. The first-order valence-corrected chi connectivity index (χ1v) is 10.6. The number of nitrogens with zero attached hydrogens (tertiary/aromatic N) is 1. The van der Waals surface area contributed by atoms with Crippen LogP contribution in [-0.4, -0.2) is 62.2 Å². The van der Waals surface area contributed by atoms with Crippen molar-refractivity contribution in [2.75, 3.05) is 25.9 Å². The molecule has 0 aromatic carbocycles. The molecule has 8 nitrogen and oxygen atoms in total. The highest BCUT2D eigenvalue weighted by molar-refractivity contribution is 7.92. The lowest BCUT2D eigenvalue weighted by atomic mass is 10.1. The molecule has 0 saturated carbocycles. The van der Waals surface area contributed by atoms with Crippen LogP contribution in [0.25, 0.3) is 0 Å². The minimum absolute atomic E-state index is 0.126. The molecule has 0 saturated heterocycles. The molecule has 0 radical (unpaired) electrons. The van der Waals surface area contributed by atoms with E-state index in [2.05, 4.69) is 20.9 Å². The number of hydrogen-bond donors (Lipinski definition) is 3. The topological polar surface area (TPSA) is 109 Å². The van der Waals surface area contributed by atoms with Crippen LogP contribution in [0.5, 0.6) is 0 Å². The van der Waals surface area contributed by atoms with E-state index < -0.39 is 31.8 Å². The predicted octanol–water partition coefficient (Wildman–Crippen LogP) is 1.67. The highest BCUT2D eigenvalue weighted by Gasteiger charge is 2.30. The molecule has 0 aliphatic rings. The summed E-state index contributed by atoms with van der Waals surface area (Å²) in [6, 6.07) is 0. The van der Waals surface area contributed by atoms with Gasteiger partial charge in [-0.15, -0.1) is 0 Å². The van der Waals surface area contributed by atoms with Crippen LogP contribution in [0.15, 0.2) is 4.99 Å². The fourth-order valence-corrected chi connectivity index (χ4v) is 1.96. The van der Waals surface area contributed by atoms with E-state index in [1.165, 1.54) is 6.26 Å². The molecule has 0 rings (SSSR count). The number of nitrogens with one attached hydrogen (secondary N) is 3. The van der Waals surface area contributed by atoms with Crippen LogP contribution >= 0.6 is 0 Å². The van der Waals surface area contributed by atoms with Gasteiger partial charge in [0.05, 0.1) is 16.8 Å². The summed E-state index contributed by atoms with van der Waals surface area (Å²) < 4.78 is 27.9. The monoisotopic (exact) mass is 392 g/mol. The Balaban J connectivity index is 4.91. The van der Waals surface area contributed by atoms with Crippen molar-refractivity contribution >= 4 is 21.9 Å². The zero-order valence-corrected chi connectivity index (χ0v) is 18.4. The Morgan fingerprint density at radius 2 is 1.58 bits per heavy atom. The van der Waals surface area contributed by atoms with Crippen LogP contribution in [0.1, 0.15) is 55.4 Å². The second kappa shape index (κ2) is 8.92. The third-order valence-electron chi connectivity index (χ3n) is 3.50. The van der Waals surface area contributed by atoms with Gasteiger partial charge < -0.3 is 20.7 Å². The van der Waals surface area contributed by atoms with E-state index in [9.17, 15) is 13.2 Å². The van der Waals surface area contributed by atoms with Crippen molar-refractivity contribution < 1.29 is 17.9 Å². The maximum Gasteiger partial charge on any atom is 0.408 e. The van der Waals surface area contributed by atoms with Crippen molar-refractivity contribution in [2.45, 2.75) is 71.3 Å². The van der Waals surface area contributed by atoms with Crippen LogP contribution in [-0.2, 0) is 14.6 Å². The third kappa shape index (κ3) is 9.84. The molecule has 0 aromatic heterocycles. The van der Waals surface area contributed by atoms with Gasteiger partial charge in [-0.2, -0.15) is 0 Å². The fraction of sp³-hybridized carbons (Fsp3) is 0.882. The average molecular weight is 393 g/mol. The molecule has 0 aliphatic carbocycles. The molecule has 0 aromatic rings. The normalized spacial score (nSPS) is 14.0. The highest BCUT2D eigenvalue weighted by atomic mass is 32.2. The molecule has 9 heteroatoms. The van der Waals surface area contributed by atoms with Gasteiger partial charge in [0.25, 0.3) is 0 Å². The number of ether oxygens (including phenoxy) is 1. The SMILES string of the molecule is CCNC(=NCC(C)(C)S(C)(=O)=O)NCC(C)(C)NC(=O)OC(C)(C)C. The minimum Gasteiger partial charge on any atom is -0.444 e. The maximum absolute atomic E-state index is 11.9. The molecule has 26 heavy (non-hydrogen) atoms. The number of aliphatic imine (C=N–C) groups is 1. The molecule has 0 bridgehead atoms. The standard InChI is InChI=1S/C17H36N4O4S/c1-10-18-13(20-12-17(7,8)26(9,23)24)19-11-16(5,6)21-14(22)25-15(2,3)4/h10-12H2,1-9H3,(H,21,22)(H2,18,19,20). The summed E-state index contributed by atoms with van der Waals surface area (Å²) in [5.74, 6) is 0.489.